The third kappa shape index (κ3) is 6.90. The summed E-state index contributed by atoms with van der Waals surface area (Å²) in [5, 5.41) is 18.3. The Labute approximate surface area is 126 Å². The van der Waals surface area contributed by atoms with E-state index in [2.05, 4.69) is 6.58 Å². The van der Waals surface area contributed by atoms with Gasteiger partial charge >= 0.3 is 11.9 Å². The first-order valence-electron chi connectivity index (χ1n) is 6.42. The van der Waals surface area contributed by atoms with Crippen molar-refractivity contribution in [1.82, 2.24) is 9.96 Å². The van der Waals surface area contributed by atoms with Crippen molar-refractivity contribution in [3.8, 4) is 0 Å². The van der Waals surface area contributed by atoms with Gasteiger partial charge in [-0.05, 0) is 6.58 Å². The molecule has 22 heavy (non-hydrogen) atoms. The number of carbonyl (C=O) groups excluding carboxylic acids is 1. The summed E-state index contributed by atoms with van der Waals surface area (Å²) in [6, 6.07) is 0. The molecular weight excluding hydrogens is 300 g/mol. The molecule has 1 aliphatic rings. The Kier molecular flexibility index (Phi) is 7.13. The summed E-state index contributed by atoms with van der Waals surface area (Å²) in [5.74, 6) is -2.71. The number of carboxylic acid groups (broad SMARTS) is 2. The molecule has 1 amide bonds. The smallest absolute Gasteiger partial charge is 0.341 e. The molecule has 0 atom stereocenters. The zero-order chi connectivity index (χ0) is 16.5. The quantitative estimate of drug-likeness (QED) is 0.501. The number of hydrogen-bond donors (Lipinski definition) is 2. The van der Waals surface area contributed by atoms with Gasteiger partial charge in [-0.3, -0.25) is 4.79 Å². The fraction of sp³-hybridized carbons (Fsp3) is 0.583. The molecule has 0 aromatic carbocycles. The second-order valence-electron chi connectivity index (χ2n) is 4.34. The van der Waals surface area contributed by atoms with Crippen LogP contribution in [-0.4, -0.2) is 84.0 Å². The van der Waals surface area contributed by atoms with Crippen LogP contribution in [0.1, 0.15) is 0 Å². The molecule has 0 aromatic rings. The number of aliphatic carboxylic acids is 2. The molecule has 1 fully saturated rings. The van der Waals surface area contributed by atoms with Gasteiger partial charge in [-0.15, -0.1) is 5.06 Å². The summed E-state index contributed by atoms with van der Waals surface area (Å²) < 4.78 is 9.47. The first-order chi connectivity index (χ1) is 10.4. The lowest BCUT2D eigenvalue weighted by molar-refractivity contribution is -0.189. The number of piperazine rings is 1. The minimum atomic E-state index is -1.14. The molecule has 0 unspecified atom stereocenters. The van der Waals surface area contributed by atoms with E-state index in [0.717, 1.165) is 0 Å². The third-order valence-electron chi connectivity index (χ3n) is 2.63. The molecule has 10 heteroatoms. The topological polar surface area (TPSA) is 126 Å². The van der Waals surface area contributed by atoms with Crippen LogP contribution < -0.4 is 0 Å². The van der Waals surface area contributed by atoms with Crippen molar-refractivity contribution >= 4 is 17.8 Å². The average Bonchev–Trinajstić information content (AvgIpc) is 2.45. The Hall–Kier alpha value is -2.33. The summed E-state index contributed by atoms with van der Waals surface area (Å²) in [6.45, 7) is 3.55. The highest BCUT2D eigenvalue weighted by atomic mass is 16.8. The number of ether oxygens (including phenoxy) is 2. The molecule has 1 aliphatic heterocycles. The lowest BCUT2D eigenvalue weighted by Gasteiger charge is -2.33. The predicted octanol–water partition coefficient (Wildman–Crippen LogP) is -1.26. The minimum absolute atomic E-state index is 0.132. The highest BCUT2D eigenvalue weighted by Crippen LogP contribution is 2.07. The van der Waals surface area contributed by atoms with Crippen molar-refractivity contribution in [2.45, 2.75) is 0 Å². The molecule has 1 saturated heterocycles. The zero-order valence-electron chi connectivity index (χ0n) is 11.9. The molecule has 0 spiro atoms. The van der Waals surface area contributed by atoms with Gasteiger partial charge in [-0.1, -0.05) is 0 Å². The van der Waals surface area contributed by atoms with E-state index in [1.807, 2.05) is 0 Å². The number of nitrogens with zero attached hydrogens (tertiary/aromatic N) is 2. The summed E-state index contributed by atoms with van der Waals surface area (Å²) in [7, 11) is 0. The fourth-order valence-electron chi connectivity index (χ4n) is 1.66. The van der Waals surface area contributed by atoms with Gasteiger partial charge in [0.1, 0.15) is 13.2 Å². The van der Waals surface area contributed by atoms with Gasteiger partial charge in [-0.2, -0.15) is 0 Å². The molecule has 0 aromatic heterocycles. The van der Waals surface area contributed by atoms with E-state index in [4.69, 9.17) is 24.5 Å². The maximum atomic E-state index is 11.7. The van der Waals surface area contributed by atoms with Crippen LogP contribution in [0.4, 0.5) is 0 Å². The Bertz CT molecular complexity index is 431. The van der Waals surface area contributed by atoms with E-state index < -0.39 is 25.2 Å². The molecule has 0 saturated carbocycles. The van der Waals surface area contributed by atoms with Gasteiger partial charge in [0.15, 0.2) is 6.61 Å². The van der Waals surface area contributed by atoms with Crippen molar-refractivity contribution in [3.63, 3.8) is 0 Å². The second kappa shape index (κ2) is 8.85. The number of carboxylic acids is 2. The number of amides is 1. The molecule has 0 radical (unpaired) electrons. The van der Waals surface area contributed by atoms with Crippen LogP contribution in [0.5, 0.6) is 0 Å². The maximum absolute atomic E-state index is 11.7. The number of hydroxylamine groups is 2. The lowest BCUT2D eigenvalue weighted by atomic mass is 10.3. The molecule has 124 valence electrons. The SMILES string of the molecule is C=C(OCC(=O)O)ON1CCN(C(=O)COCC(=O)O)CC1. The fourth-order valence-corrected chi connectivity index (χ4v) is 1.66. The van der Waals surface area contributed by atoms with E-state index in [1.54, 1.807) is 0 Å². The molecule has 10 nitrogen and oxygen atoms in total. The molecule has 2 N–H and O–H groups in total. The zero-order valence-corrected chi connectivity index (χ0v) is 11.9. The maximum Gasteiger partial charge on any atom is 0.341 e. The van der Waals surface area contributed by atoms with Crippen LogP contribution in [0.3, 0.4) is 0 Å². The van der Waals surface area contributed by atoms with E-state index in [0.29, 0.717) is 26.2 Å². The van der Waals surface area contributed by atoms with E-state index in [1.165, 1.54) is 9.96 Å². The van der Waals surface area contributed by atoms with Crippen LogP contribution in [0.25, 0.3) is 0 Å². The first-order valence-corrected chi connectivity index (χ1v) is 6.42. The van der Waals surface area contributed by atoms with Gasteiger partial charge in [0.05, 0.1) is 13.1 Å². The molecule has 1 heterocycles. The predicted molar refractivity (Wildman–Crippen MR) is 70.4 cm³/mol. The Morgan fingerprint density at radius 3 is 2.09 bits per heavy atom. The first kappa shape index (κ1) is 17.7. The number of hydrogen-bond acceptors (Lipinski definition) is 7. The molecule has 0 aliphatic carbocycles. The number of rotatable bonds is 9. The molecule has 0 bridgehead atoms. The Morgan fingerprint density at radius 1 is 0.955 bits per heavy atom. The van der Waals surface area contributed by atoms with E-state index in [-0.39, 0.29) is 18.5 Å². The van der Waals surface area contributed by atoms with E-state index in [9.17, 15) is 14.4 Å². The highest BCUT2D eigenvalue weighted by molar-refractivity contribution is 5.78. The van der Waals surface area contributed by atoms with Crippen molar-refractivity contribution in [3.05, 3.63) is 12.5 Å². The largest absolute Gasteiger partial charge is 0.480 e. The van der Waals surface area contributed by atoms with Gasteiger partial charge in [0.2, 0.25) is 5.91 Å². The van der Waals surface area contributed by atoms with Crippen LogP contribution >= 0.6 is 0 Å². The van der Waals surface area contributed by atoms with Crippen molar-refractivity contribution in [2.75, 3.05) is 46.0 Å². The lowest BCUT2D eigenvalue weighted by Crippen LogP contribution is -2.49. The Balaban J connectivity index is 2.22. The van der Waals surface area contributed by atoms with Crippen LogP contribution in [0.15, 0.2) is 12.5 Å². The van der Waals surface area contributed by atoms with Gasteiger partial charge in [-0.25, -0.2) is 9.59 Å². The van der Waals surface area contributed by atoms with E-state index >= 15 is 0 Å². The monoisotopic (exact) mass is 318 g/mol. The standard InChI is InChI=1S/C12H18N2O8/c1-9(21-8-12(18)19)22-14-4-2-13(3-5-14)10(15)6-20-7-11(16)17/h1-8H2,(H,16,17)(H,18,19). The minimum Gasteiger partial charge on any atom is -0.480 e. The average molecular weight is 318 g/mol. The van der Waals surface area contributed by atoms with Crippen LogP contribution in [0, 0.1) is 0 Å². The molecular formula is C12H18N2O8. The second-order valence-corrected chi connectivity index (χ2v) is 4.34. The Morgan fingerprint density at radius 2 is 1.55 bits per heavy atom. The van der Waals surface area contributed by atoms with Crippen molar-refractivity contribution in [2.24, 2.45) is 0 Å². The van der Waals surface area contributed by atoms with Crippen LogP contribution in [0.2, 0.25) is 0 Å². The van der Waals surface area contributed by atoms with Gasteiger partial charge < -0.3 is 29.4 Å². The van der Waals surface area contributed by atoms with Gasteiger partial charge in [0.25, 0.3) is 5.95 Å². The molecule has 1 rings (SSSR count). The summed E-state index contributed by atoms with van der Waals surface area (Å²) >= 11 is 0. The normalized spacial score (nSPS) is 15.2. The summed E-state index contributed by atoms with van der Waals surface area (Å²) in [5.41, 5.74) is 0. The van der Waals surface area contributed by atoms with Crippen molar-refractivity contribution < 1.29 is 38.9 Å². The number of carbonyl (C=O) groups is 3. The summed E-state index contributed by atoms with van der Waals surface area (Å²) in [6.07, 6.45) is 0. The van der Waals surface area contributed by atoms with Crippen LogP contribution in [-0.2, 0) is 28.7 Å². The van der Waals surface area contributed by atoms with Crippen molar-refractivity contribution in [1.29, 1.82) is 0 Å². The summed E-state index contributed by atoms with van der Waals surface area (Å²) in [4.78, 5) is 39.0. The highest BCUT2D eigenvalue weighted by Gasteiger charge is 2.23. The third-order valence-corrected chi connectivity index (χ3v) is 2.63. The van der Waals surface area contributed by atoms with Gasteiger partial charge in [0, 0.05) is 13.1 Å².